The number of aromatic nitrogens is 2. The van der Waals surface area contributed by atoms with Gasteiger partial charge >= 0.3 is 12.1 Å². The number of carbonyl (C=O) groups excluding carboxylic acids is 1. The van der Waals surface area contributed by atoms with E-state index in [1.54, 1.807) is 25.7 Å². The zero-order valence-electron chi connectivity index (χ0n) is 19.4. The van der Waals surface area contributed by atoms with Crippen LogP contribution in [0.5, 0.6) is 0 Å². The summed E-state index contributed by atoms with van der Waals surface area (Å²) in [6.07, 6.45) is 3.55. The number of carbonyl (C=O) groups is 2. The second-order valence-electron chi connectivity index (χ2n) is 9.18. The van der Waals surface area contributed by atoms with Crippen LogP contribution in [-0.4, -0.2) is 61.5 Å². The zero-order valence-corrected chi connectivity index (χ0v) is 20.2. The number of aryl methyl sites for hydroxylation is 1. The van der Waals surface area contributed by atoms with Crippen LogP contribution in [-0.2, 0) is 11.2 Å². The van der Waals surface area contributed by atoms with Crippen molar-refractivity contribution in [2.45, 2.75) is 71.1 Å². The van der Waals surface area contributed by atoms with Crippen molar-refractivity contribution in [2.75, 3.05) is 13.2 Å². The molecule has 0 radical (unpaired) electrons. The van der Waals surface area contributed by atoms with Gasteiger partial charge in [-0.25, -0.2) is 14.6 Å². The van der Waals surface area contributed by atoms with Crippen LogP contribution >= 0.6 is 11.3 Å². The van der Waals surface area contributed by atoms with Crippen molar-refractivity contribution in [3.05, 3.63) is 49.8 Å². The maximum atomic E-state index is 13.1. The average Bonchev–Trinajstić information content (AvgIpc) is 3.08. The molecule has 2 atom stereocenters. The number of thiazole rings is 1. The van der Waals surface area contributed by atoms with Gasteiger partial charge < -0.3 is 24.4 Å². The molecular weight excluding hydrogens is 446 g/mol. The molecule has 3 rings (SSSR count). The van der Waals surface area contributed by atoms with Gasteiger partial charge in [0.25, 0.3) is 5.56 Å². The summed E-state index contributed by atoms with van der Waals surface area (Å²) in [7, 11) is 0. The van der Waals surface area contributed by atoms with Crippen LogP contribution in [0.3, 0.4) is 0 Å². The van der Waals surface area contributed by atoms with E-state index >= 15 is 0 Å². The summed E-state index contributed by atoms with van der Waals surface area (Å²) in [4.78, 5) is 44.9. The summed E-state index contributed by atoms with van der Waals surface area (Å²) < 4.78 is 7.02. The van der Waals surface area contributed by atoms with Gasteiger partial charge in [0.2, 0.25) is 0 Å². The number of pyridine rings is 1. The van der Waals surface area contributed by atoms with E-state index < -0.39 is 29.7 Å². The molecule has 2 aromatic rings. The maximum Gasteiger partial charge on any atom is 0.410 e. The molecule has 1 aliphatic rings. The zero-order chi connectivity index (χ0) is 24.3. The van der Waals surface area contributed by atoms with Crippen LogP contribution in [0.1, 0.15) is 72.0 Å². The Morgan fingerprint density at radius 3 is 2.67 bits per heavy atom. The van der Waals surface area contributed by atoms with Gasteiger partial charge in [0.15, 0.2) is 0 Å². The van der Waals surface area contributed by atoms with Gasteiger partial charge in [0.05, 0.1) is 17.3 Å². The number of aromatic carboxylic acids is 1. The number of nitrogens with zero attached hydrogens (tertiary/aromatic N) is 3. The minimum atomic E-state index is -1.15. The van der Waals surface area contributed by atoms with Gasteiger partial charge in [-0.3, -0.25) is 4.79 Å². The van der Waals surface area contributed by atoms with Crippen molar-refractivity contribution in [3.8, 4) is 0 Å². The third-order valence-electron chi connectivity index (χ3n) is 5.53. The van der Waals surface area contributed by atoms with Crippen LogP contribution in [0.25, 0.3) is 0 Å². The molecule has 1 amide bonds. The summed E-state index contributed by atoms with van der Waals surface area (Å²) in [5.74, 6) is -1.15. The molecule has 0 aromatic carbocycles. The number of amides is 1. The molecule has 0 spiro atoms. The topological polar surface area (TPSA) is 122 Å². The number of ether oxygens (including phenoxy) is 1. The van der Waals surface area contributed by atoms with Gasteiger partial charge in [0, 0.05) is 36.7 Å². The Balaban J connectivity index is 2.15. The quantitative estimate of drug-likeness (QED) is 0.655. The van der Waals surface area contributed by atoms with Crippen molar-refractivity contribution in [1.29, 1.82) is 0 Å². The van der Waals surface area contributed by atoms with Crippen LogP contribution in [0, 0.1) is 6.92 Å². The highest BCUT2D eigenvalue weighted by molar-refractivity contribution is 7.11. The first-order valence-electron chi connectivity index (χ1n) is 11.0. The Labute approximate surface area is 196 Å². The molecule has 1 saturated heterocycles. The summed E-state index contributed by atoms with van der Waals surface area (Å²) in [6.45, 7) is 7.67. The van der Waals surface area contributed by atoms with Gasteiger partial charge in [-0.1, -0.05) is 0 Å². The fraction of sp³-hybridized carbons (Fsp3) is 0.565. The van der Waals surface area contributed by atoms with Crippen LogP contribution in [0.2, 0.25) is 0 Å². The molecule has 2 aromatic heterocycles. The van der Waals surface area contributed by atoms with E-state index in [-0.39, 0.29) is 17.7 Å². The summed E-state index contributed by atoms with van der Waals surface area (Å²) in [5, 5.41) is 19.5. The Bertz CT molecular complexity index is 1070. The molecule has 180 valence electrons. The molecule has 0 bridgehead atoms. The summed E-state index contributed by atoms with van der Waals surface area (Å²) >= 11 is 1.37. The Morgan fingerprint density at radius 2 is 2.03 bits per heavy atom. The van der Waals surface area contributed by atoms with E-state index in [0.29, 0.717) is 24.4 Å². The first-order valence-corrected chi connectivity index (χ1v) is 11.9. The van der Waals surface area contributed by atoms with E-state index in [2.05, 4.69) is 4.98 Å². The van der Waals surface area contributed by atoms with Crippen molar-refractivity contribution in [2.24, 2.45) is 0 Å². The standard InChI is InChI=1S/C23H31N3O6S/c1-14-17(10-12-27)33-20(24-14)19(26-13-15(21(29)30)8-9-18(26)28)16-7-5-6-11-25(16)22(31)32-23(2,3)4/h8-9,13,16,19,27H,5-7,10-12H2,1-4H3,(H,29,30)/t16-,19-/m1/s1. The molecule has 10 heteroatoms. The molecule has 2 N–H and O–H groups in total. The Kier molecular flexibility index (Phi) is 7.58. The van der Waals surface area contributed by atoms with Crippen molar-refractivity contribution >= 4 is 23.4 Å². The first-order chi connectivity index (χ1) is 15.5. The largest absolute Gasteiger partial charge is 0.478 e. The second-order valence-corrected chi connectivity index (χ2v) is 10.3. The lowest BCUT2D eigenvalue weighted by Gasteiger charge is -2.40. The maximum absolute atomic E-state index is 13.1. The van der Waals surface area contributed by atoms with E-state index in [0.717, 1.165) is 23.4 Å². The SMILES string of the molecule is Cc1nc([C@@H]([C@H]2CCCCN2C(=O)OC(C)(C)C)n2cc(C(=O)O)ccc2=O)sc1CCO. The second kappa shape index (κ2) is 10.0. The van der Waals surface area contributed by atoms with Gasteiger partial charge in [0.1, 0.15) is 16.7 Å². The van der Waals surface area contributed by atoms with Crippen LogP contribution in [0.15, 0.2) is 23.1 Å². The minimum Gasteiger partial charge on any atom is -0.478 e. The minimum absolute atomic E-state index is 0.0249. The number of rotatable bonds is 6. The third kappa shape index (κ3) is 5.80. The summed E-state index contributed by atoms with van der Waals surface area (Å²) in [5.41, 5.74) is -0.337. The Hall–Kier alpha value is -2.72. The van der Waals surface area contributed by atoms with Crippen molar-refractivity contribution in [3.63, 3.8) is 0 Å². The van der Waals surface area contributed by atoms with Gasteiger partial charge in [-0.05, 0) is 53.0 Å². The monoisotopic (exact) mass is 477 g/mol. The van der Waals surface area contributed by atoms with Crippen molar-refractivity contribution < 1.29 is 24.5 Å². The lowest BCUT2D eigenvalue weighted by atomic mass is 9.95. The summed E-state index contributed by atoms with van der Waals surface area (Å²) in [6, 6.07) is 1.38. The number of hydrogen-bond acceptors (Lipinski definition) is 7. The Morgan fingerprint density at radius 1 is 1.30 bits per heavy atom. The molecule has 1 fully saturated rings. The number of hydrogen-bond donors (Lipinski definition) is 2. The molecule has 0 unspecified atom stereocenters. The van der Waals surface area contributed by atoms with Crippen LogP contribution < -0.4 is 5.56 Å². The van der Waals surface area contributed by atoms with E-state index in [9.17, 15) is 24.6 Å². The van der Waals surface area contributed by atoms with E-state index in [1.807, 2.05) is 6.92 Å². The molecule has 0 saturated carbocycles. The average molecular weight is 478 g/mol. The van der Waals surface area contributed by atoms with Crippen molar-refractivity contribution in [1.82, 2.24) is 14.5 Å². The normalized spacial score (nSPS) is 17.6. The fourth-order valence-electron chi connectivity index (χ4n) is 4.06. The highest BCUT2D eigenvalue weighted by atomic mass is 32.1. The predicted octanol–water partition coefficient (Wildman–Crippen LogP) is 3.23. The number of aliphatic hydroxyl groups is 1. The number of carboxylic acid groups (broad SMARTS) is 1. The fourth-order valence-corrected chi connectivity index (χ4v) is 5.27. The highest BCUT2D eigenvalue weighted by Gasteiger charge is 2.39. The smallest absolute Gasteiger partial charge is 0.410 e. The lowest BCUT2D eigenvalue weighted by molar-refractivity contribution is 0.00460. The number of aliphatic hydroxyl groups excluding tert-OH is 1. The van der Waals surface area contributed by atoms with Crippen LogP contribution in [0.4, 0.5) is 4.79 Å². The molecule has 33 heavy (non-hydrogen) atoms. The molecular formula is C23H31N3O6S. The molecule has 1 aliphatic heterocycles. The van der Waals surface area contributed by atoms with Gasteiger partial charge in [-0.2, -0.15) is 0 Å². The van der Waals surface area contributed by atoms with E-state index in [1.165, 1.54) is 34.2 Å². The lowest BCUT2D eigenvalue weighted by Crippen LogP contribution is -2.51. The molecule has 9 nitrogen and oxygen atoms in total. The number of piperidine rings is 1. The van der Waals surface area contributed by atoms with Gasteiger partial charge in [-0.15, -0.1) is 11.3 Å². The predicted molar refractivity (Wildman–Crippen MR) is 124 cm³/mol. The molecule has 3 heterocycles. The third-order valence-corrected chi connectivity index (χ3v) is 6.82. The first kappa shape index (κ1) is 24.9. The van der Waals surface area contributed by atoms with E-state index in [4.69, 9.17) is 4.74 Å². The molecule has 0 aliphatic carbocycles. The number of likely N-dealkylation sites (tertiary alicyclic amines) is 1. The highest BCUT2D eigenvalue weighted by Crippen LogP contribution is 2.35. The number of carboxylic acids is 1.